The van der Waals surface area contributed by atoms with Crippen LogP contribution < -0.4 is 20.3 Å². The van der Waals surface area contributed by atoms with Crippen molar-refractivity contribution < 1.29 is 4.74 Å². The molecule has 1 atom stereocenters. The Labute approximate surface area is 139 Å². The lowest BCUT2D eigenvalue weighted by Gasteiger charge is -2.22. The van der Waals surface area contributed by atoms with Crippen molar-refractivity contribution in [2.45, 2.75) is 25.8 Å². The lowest BCUT2D eigenvalue weighted by atomic mass is 10.2. The molecule has 0 aromatic heterocycles. The summed E-state index contributed by atoms with van der Waals surface area (Å²) in [5.74, 6) is 1.81. The van der Waals surface area contributed by atoms with Gasteiger partial charge in [-0.05, 0) is 31.9 Å². The molecular weight excluding hydrogens is 288 g/mol. The molecule has 1 unspecified atom stereocenters. The number of rotatable bonds is 6. The largest absolute Gasteiger partial charge is 0.495 e. The van der Waals surface area contributed by atoms with Crippen LogP contribution in [-0.2, 0) is 0 Å². The Bertz CT molecular complexity index is 542. The Kier molecular flexibility index (Phi) is 6.78. The molecule has 0 spiro atoms. The SMILES string of the molecule is C/C=C/CCNC(=NC)NC1CCN(c2ccccc2OC)C1. The molecule has 5 heteroatoms. The molecule has 1 aromatic carbocycles. The van der Waals surface area contributed by atoms with E-state index < -0.39 is 0 Å². The second kappa shape index (κ2) is 9.08. The quantitative estimate of drug-likeness (QED) is 0.366. The summed E-state index contributed by atoms with van der Waals surface area (Å²) in [7, 11) is 3.54. The monoisotopic (exact) mass is 316 g/mol. The van der Waals surface area contributed by atoms with Crippen molar-refractivity contribution in [3.05, 3.63) is 36.4 Å². The number of nitrogens with one attached hydrogen (secondary N) is 2. The van der Waals surface area contributed by atoms with E-state index in [0.717, 1.165) is 49.9 Å². The van der Waals surface area contributed by atoms with Crippen molar-refractivity contribution >= 4 is 11.6 Å². The minimum Gasteiger partial charge on any atom is -0.495 e. The highest BCUT2D eigenvalue weighted by Crippen LogP contribution is 2.30. The van der Waals surface area contributed by atoms with Gasteiger partial charge in [-0.2, -0.15) is 0 Å². The highest BCUT2D eigenvalue weighted by molar-refractivity contribution is 5.80. The van der Waals surface area contributed by atoms with Gasteiger partial charge >= 0.3 is 0 Å². The van der Waals surface area contributed by atoms with E-state index in [9.17, 15) is 0 Å². The van der Waals surface area contributed by atoms with E-state index in [4.69, 9.17) is 4.74 Å². The molecule has 1 saturated heterocycles. The molecule has 1 aromatic rings. The van der Waals surface area contributed by atoms with Crippen LogP contribution in [0.5, 0.6) is 5.75 Å². The van der Waals surface area contributed by atoms with Crippen LogP contribution in [0.25, 0.3) is 0 Å². The van der Waals surface area contributed by atoms with E-state index in [1.807, 2.05) is 26.1 Å². The molecule has 0 radical (unpaired) electrons. The zero-order valence-electron chi connectivity index (χ0n) is 14.4. The van der Waals surface area contributed by atoms with Crippen molar-refractivity contribution in [2.75, 3.05) is 38.7 Å². The predicted molar refractivity (Wildman–Crippen MR) is 97.5 cm³/mol. The van der Waals surface area contributed by atoms with Gasteiger partial charge in [0.25, 0.3) is 0 Å². The van der Waals surface area contributed by atoms with Gasteiger partial charge < -0.3 is 20.3 Å². The number of nitrogens with zero attached hydrogens (tertiary/aromatic N) is 2. The first-order valence-corrected chi connectivity index (χ1v) is 8.24. The number of hydrogen-bond donors (Lipinski definition) is 2. The number of ether oxygens (including phenoxy) is 1. The van der Waals surface area contributed by atoms with Crippen LogP contribution in [0.1, 0.15) is 19.8 Å². The fourth-order valence-electron chi connectivity index (χ4n) is 2.82. The van der Waals surface area contributed by atoms with Gasteiger partial charge in [0.05, 0.1) is 12.8 Å². The fourth-order valence-corrected chi connectivity index (χ4v) is 2.82. The van der Waals surface area contributed by atoms with Gasteiger partial charge in [-0.15, -0.1) is 0 Å². The number of methoxy groups -OCH3 is 1. The molecule has 2 rings (SSSR count). The van der Waals surface area contributed by atoms with Crippen LogP contribution in [0.15, 0.2) is 41.4 Å². The standard InChI is InChI=1S/C18H28N4O/c1-4-5-8-12-20-18(19-2)21-15-11-13-22(14-15)16-9-6-7-10-17(16)23-3/h4-7,9-10,15H,8,11-14H2,1-3H3,(H2,19,20,21)/b5-4+. The van der Waals surface area contributed by atoms with E-state index in [1.54, 1.807) is 7.11 Å². The lowest BCUT2D eigenvalue weighted by Crippen LogP contribution is -2.44. The van der Waals surface area contributed by atoms with Crippen LogP contribution in [-0.4, -0.2) is 45.8 Å². The van der Waals surface area contributed by atoms with Crippen molar-refractivity contribution in [1.29, 1.82) is 0 Å². The molecule has 0 amide bonds. The molecule has 0 bridgehead atoms. The van der Waals surface area contributed by atoms with E-state index in [2.05, 4.69) is 44.8 Å². The highest BCUT2D eigenvalue weighted by Gasteiger charge is 2.25. The topological polar surface area (TPSA) is 48.9 Å². The number of anilines is 1. The molecule has 0 saturated carbocycles. The zero-order chi connectivity index (χ0) is 16.5. The van der Waals surface area contributed by atoms with Gasteiger partial charge in [-0.25, -0.2) is 0 Å². The van der Waals surface area contributed by atoms with E-state index >= 15 is 0 Å². The maximum atomic E-state index is 5.47. The average molecular weight is 316 g/mol. The van der Waals surface area contributed by atoms with Gasteiger partial charge in [-0.3, -0.25) is 4.99 Å². The van der Waals surface area contributed by atoms with E-state index in [1.165, 1.54) is 0 Å². The van der Waals surface area contributed by atoms with Crippen LogP contribution in [0, 0.1) is 0 Å². The molecule has 1 aliphatic rings. The summed E-state index contributed by atoms with van der Waals surface area (Å²) in [5, 5.41) is 6.86. The van der Waals surface area contributed by atoms with Crippen molar-refractivity contribution in [3.8, 4) is 5.75 Å². The second-order valence-corrected chi connectivity index (χ2v) is 5.60. The highest BCUT2D eigenvalue weighted by atomic mass is 16.5. The summed E-state index contributed by atoms with van der Waals surface area (Å²) in [6.07, 6.45) is 6.32. The Hall–Kier alpha value is -2.17. The number of benzene rings is 1. The Balaban J connectivity index is 1.87. The number of hydrogen-bond acceptors (Lipinski definition) is 3. The first-order chi connectivity index (χ1) is 11.3. The summed E-state index contributed by atoms with van der Waals surface area (Å²) in [6.45, 7) is 4.91. The first-order valence-electron chi connectivity index (χ1n) is 8.24. The van der Waals surface area contributed by atoms with Gasteiger partial charge in [0.15, 0.2) is 5.96 Å². The summed E-state index contributed by atoms with van der Waals surface area (Å²) in [6, 6.07) is 8.58. The molecule has 126 valence electrons. The third kappa shape index (κ3) is 4.91. The van der Waals surface area contributed by atoms with Crippen molar-refractivity contribution in [2.24, 2.45) is 4.99 Å². The summed E-state index contributed by atoms with van der Waals surface area (Å²) >= 11 is 0. The van der Waals surface area contributed by atoms with Crippen molar-refractivity contribution in [1.82, 2.24) is 10.6 Å². The summed E-state index contributed by atoms with van der Waals surface area (Å²) < 4.78 is 5.47. The van der Waals surface area contributed by atoms with E-state index in [-0.39, 0.29) is 0 Å². The molecule has 1 aliphatic heterocycles. The predicted octanol–water partition coefficient (Wildman–Crippen LogP) is 2.41. The third-order valence-corrected chi connectivity index (χ3v) is 4.02. The fraction of sp³-hybridized carbons (Fsp3) is 0.500. The number of guanidine groups is 1. The number of aliphatic imine (C=N–C) groups is 1. The second-order valence-electron chi connectivity index (χ2n) is 5.60. The molecule has 23 heavy (non-hydrogen) atoms. The van der Waals surface area contributed by atoms with Crippen LogP contribution in [0.3, 0.4) is 0 Å². The Morgan fingerprint density at radius 1 is 1.43 bits per heavy atom. The van der Waals surface area contributed by atoms with Gasteiger partial charge in [0.1, 0.15) is 5.75 Å². The first kappa shape index (κ1) is 17.2. The van der Waals surface area contributed by atoms with Crippen LogP contribution >= 0.6 is 0 Å². The lowest BCUT2D eigenvalue weighted by molar-refractivity contribution is 0.415. The smallest absolute Gasteiger partial charge is 0.191 e. The molecule has 1 heterocycles. The Morgan fingerprint density at radius 2 is 2.26 bits per heavy atom. The number of allylic oxidation sites excluding steroid dienone is 1. The van der Waals surface area contributed by atoms with Crippen LogP contribution in [0.2, 0.25) is 0 Å². The van der Waals surface area contributed by atoms with Gasteiger partial charge in [0.2, 0.25) is 0 Å². The maximum absolute atomic E-state index is 5.47. The zero-order valence-corrected chi connectivity index (χ0v) is 14.4. The van der Waals surface area contributed by atoms with Gasteiger partial charge in [-0.1, -0.05) is 24.3 Å². The molecule has 2 N–H and O–H groups in total. The van der Waals surface area contributed by atoms with Crippen molar-refractivity contribution in [3.63, 3.8) is 0 Å². The molecule has 5 nitrogen and oxygen atoms in total. The Morgan fingerprint density at radius 3 is 3.00 bits per heavy atom. The third-order valence-electron chi connectivity index (χ3n) is 4.02. The molecular formula is C18H28N4O. The van der Waals surface area contributed by atoms with Gasteiger partial charge in [0, 0.05) is 32.7 Å². The normalized spacial score (nSPS) is 18.5. The summed E-state index contributed by atoms with van der Waals surface area (Å²) in [5.41, 5.74) is 1.16. The summed E-state index contributed by atoms with van der Waals surface area (Å²) in [4.78, 5) is 6.67. The average Bonchev–Trinajstić information content (AvgIpc) is 3.06. The molecule has 0 aliphatic carbocycles. The van der Waals surface area contributed by atoms with Crippen LogP contribution in [0.4, 0.5) is 5.69 Å². The maximum Gasteiger partial charge on any atom is 0.191 e. The minimum absolute atomic E-state index is 0.396. The number of para-hydroxylation sites is 2. The molecule has 1 fully saturated rings. The van der Waals surface area contributed by atoms with E-state index in [0.29, 0.717) is 6.04 Å². The minimum atomic E-state index is 0.396.